The first kappa shape index (κ1) is 18.3. The van der Waals surface area contributed by atoms with Gasteiger partial charge in [0, 0.05) is 18.3 Å². The molecule has 1 aromatic heterocycles. The number of aromatic nitrogens is 2. The van der Waals surface area contributed by atoms with Crippen LogP contribution in [0, 0.1) is 0 Å². The van der Waals surface area contributed by atoms with Crippen LogP contribution in [0.2, 0.25) is 0 Å². The third-order valence-corrected chi connectivity index (χ3v) is 2.81. The normalized spacial score (nSPS) is 11.1. The molecule has 0 fully saturated rings. The Morgan fingerprint density at radius 2 is 1.82 bits per heavy atom. The summed E-state index contributed by atoms with van der Waals surface area (Å²) in [5, 5.41) is 4.20. The summed E-state index contributed by atoms with van der Waals surface area (Å²) < 4.78 is 42.6. The van der Waals surface area contributed by atoms with Crippen molar-refractivity contribution in [2.24, 2.45) is 5.73 Å². The molecule has 2 rings (SSSR count). The lowest BCUT2D eigenvalue weighted by Crippen LogP contribution is -2.19. The molecule has 0 bridgehead atoms. The van der Waals surface area contributed by atoms with E-state index in [0.717, 1.165) is 24.1 Å². The highest BCUT2D eigenvalue weighted by Crippen LogP contribution is 2.23. The van der Waals surface area contributed by atoms with Gasteiger partial charge in [0.2, 0.25) is 0 Å². The Hall–Kier alpha value is -1.73. The zero-order chi connectivity index (χ0) is 15.3. The first-order valence-electron chi connectivity index (χ1n) is 6.50. The summed E-state index contributed by atoms with van der Waals surface area (Å²) >= 11 is 0. The van der Waals surface area contributed by atoms with E-state index < -0.39 is 12.8 Å². The fourth-order valence-corrected chi connectivity index (χ4v) is 1.80. The number of nitrogens with zero attached hydrogens (tertiary/aromatic N) is 2. The molecule has 0 spiro atoms. The van der Waals surface area contributed by atoms with Gasteiger partial charge < -0.3 is 10.5 Å². The van der Waals surface area contributed by atoms with Crippen LogP contribution in [0.5, 0.6) is 5.75 Å². The predicted octanol–water partition coefficient (Wildman–Crippen LogP) is 3.26. The topological polar surface area (TPSA) is 53.1 Å². The van der Waals surface area contributed by atoms with Gasteiger partial charge in [0.15, 0.2) is 6.61 Å². The van der Waals surface area contributed by atoms with Crippen LogP contribution in [-0.4, -0.2) is 29.1 Å². The zero-order valence-electron chi connectivity index (χ0n) is 11.7. The van der Waals surface area contributed by atoms with E-state index in [2.05, 4.69) is 9.84 Å². The minimum absolute atomic E-state index is 0. The number of benzene rings is 1. The minimum Gasteiger partial charge on any atom is -0.484 e. The first-order chi connectivity index (χ1) is 9.98. The van der Waals surface area contributed by atoms with Crippen molar-refractivity contribution in [2.75, 3.05) is 13.2 Å². The molecule has 1 aromatic carbocycles. The second kappa shape index (κ2) is 8.05. The maximum atomic E-state index is 12.0. The standard InChI is InChI=1S/C14H16F3N3O.ClH/c15-14(16,17)10-21-13-4-2-11(3-5-13)12-8-19-20(9-12)7-1-6-18;/h2-5,8-9H,1,6-7,10,18H2;1H. The van der Waals surface area contributed by atoms with E-state index in [1.54, 1.807) is 23.0 Å². The van der Waals surface area contributed by atoms with Gasteiger partial charge in [0.05, 0.1) is 6.20 Å². The number of nitrogens with two attached hydrogens (primary N) is 1. The molecule has 0 unspecified atom stereocenters. The fourth-order valence-electron chi connectivity index (χ4n) is 1.80. The number of ether oxygens (including phenoxy) is 1. The SMILES string of the molecule is Cl.NCCCn1cc(-c2ccc(OCC(F)(F)F)cc2)cn1. The molecule has 4 nitrogen and oxygen atoms in total. The molecular formula is C14H17ClF3N3O. The van der Waals surface area contributed by atoms with Gasteiger partial charge in [-0.15, -0.1) is 12.4 Å². The summed E-state index contributed by atoms with van der Waals surface area (Å²) in [7, 11) is 0. The van der Waals surface area contributed by atoms with Gasteiger partial charge >= 0.3 is 6.18 Å². The molecule has 0 amide bonds. The molecule has 0 saturated heterocycles. The number of alkyl halides is 3. The van der Waals surface area contributed by atoms with Crippen LogP contribution in [0.3, 0.4) is 0 Å². The Labute approximate surface area is 132 Å². The molecule has 22 heavy (non-hydrogen) atoms. The van der Waals surface area contributed by atoms with Crippen LogP contribution in [0.1, 0.15) is 6.42 Å². The quantitative estimate of drug-likeness (QED) is 0.881. The minimum atomic E-state index is -4.33. The molecule has 8 heteroatoms. The predicted molar refractivity (Wildman–Crippen MR) is 80.1 cm³/mol. The molecule has 0 atom stereocenters. The molecule has 0 aliphatic heterocycles. The van der Waals surface area contributed by atoms with Gasteiger partial charge in [-0.05, 0) is 30.7 Å². The Morgan fingerprint density at radius 3 is 2.41 bits per heavy atom. The van der Waals surface area contributed by atoms with Crippen molar-refractivity contribution in [3.8, 4) is 16.9 Å². The maximum Gasteiger partial charge on any atom is 0.422 e. The van der Waals surface area contributed by atoms with Crippen molar-refractivity contribution in [3.63, 3.8) is 0 Å². The van der Waals surface area contributed by atoms with Crippen molar-refractivity contribution < 1.29 is 17.9 Å². The summed E-state index contributed by atoms with van der Waals surface area (Å²) in [5.74, 6) is 0.187. The van der Waals surface area contributed by atoms with Gasteiger partial charge in [-0.25, -0.2) is 0 Å². The number of hydrogen-bond donors (Lipinski definition) is 1. The summed E-state index contributed by atoms with van der Waals surface area (Å²) in [5.41, 5.74) is 7.20. The highest BCUT2D eigenvalue weighted by molar-refractivity contribution is 5.85. The van der Waals surface area contributed by atoms with E-state index >= 15 is 0 Å². The van der Waals surface area contributed by atoms with Crippen LogP contribution in [-0.2, 0) is 6.54 Å². The second-order valence-corrected chi connectivity index (χ2v) is 4.56. The molecule has 1 heterocycles. The lowest BCUT2D eigenvalue weighted by atomic mass is 10.1. The number of rotatable bonds is 6. The highest BCUT2D eigenvalue weighted by Gasteiger charge is 2.28. The molecular weight excluding hydrogens is 319 g/mol. The van der Waals surface area contributed by atoms with Crippen molar-refractivity contribution in [3.05, 3.63) is 36.7 Å². The van der Waals surface area contributed by atoms with Gasteiger partial charge in [0.25, 0.3) is 0 Å². The van der Waals surface area contributed by atoms with E-state index in [1.165, 1.54) is 12.1 Å². The first-order valence-corrected chi connectivity index (χ1v) is 6.50. The lowest BCUT2D eigenvalue weighted by Gasteiger charge is -2.09. The van der Waals surface area contributed by atoms with Crippen LogP contribution in [0.25, 0.3) is 11.1 Å². The third-order valence-electron chi connectivity index (χ3n) is 2.81. The third kappa shape index (κ3) is 5.57. The van der Waals surface area contributed by atoms with Crippen molar-refractivity contribution in [1.29, 1.82) is 0 Å². The summed E-state index contributed by atoms with van der Waals surface area (Å²) in [6.45, 7) is 0.0487. The van der Waals surface area contributed by atoms with Crippen LogP contribution in [0.4, 0.5) is 13.2 Å². The van der Waals surface area contributed by atoms with Crippen molar-refractivity contribution >= 4 is 12.4 Å². The molecule has 0 saturated carbocycles. The van der Waals surface area contributed by atoms with Gasteiger partial charge in [-0.3, -0.25) is 4.68 Å². The maximum absolute atomic E-state index is 12.0. The smallest absolute Gasteiger partial charge is 0.422 e. The lowest BCUT2D eigenvalue weighted by molar-refractivity contribution is -0.153. The molecule has 2 aromatic rings. The van der Waals surface area contributed by atoms with Gasteiger partial charge in [-0.2, -0.15) is 18.3 Å². The van der Waals surface area contributed by atoms with Crippen molar-refractivity contribution in [1.82, 2.24) is 9.78 Å². The van der Waals surface area contributed by atoms with E-state index in [-0.39, 0.29) is 18.2 Å². The Kier molecular flexibility index (Phi) is 6.70. The molecule has 0 aliphatic rings. The fraction of sp³-hybridized carbons (Fsp3) is 0.357. The monoisotopic (exact) mass is 335 g/mol. The molecule has 2 N–H and O–H groups in total. The average molecular weight is 336 g/mol. The number of hydrogen-bond acceptors (Lipinski definition) is 3. The van der Waals surface area contributed by atoms with Crippen LogP contribution >= 0.6 is 12.4 Å². The Balaban J connectivity index is 0.00000242. The highest BCUT2D eigenvalue weighted by atomic mass is 35.5. The number of halogens is 4. The summed E-state index contributed by atoms with van der Waals surface area (Å²) in [4.78, 5) is 0. The van der Waals surface area contributed by atoms with Gasteiger partial charge in [-0.1, -0.05) is 12.1 Å². The largest absolute Gasteiger partial charge is 0.484 e. The van der Waals surface area contributed by atoms with E-state index in [0.29, 0.717) is 6.54 Å². The van der Waals surface area contributed by atoms with Gasteiger partial charge in [0.1, 0.15) is 5.75 Å². The van der Waals surface area contributed by atoms with Crippen LogP contribution < -0.4 is 10.5 Å². The average Bonchev–Trinajstić information content (AvgIpc) is 2.91. The second-order valence-electron chi connectivity index (χ2n) is 4.56. The molecule has 0 aliphatic carbocycles. The van der Waals surface area contributed by atoms with E-state index in [1.807, 2.05) is 6.20 Å². The molecule has 0 radical (unpaired) electrons. The number of aryl methyl sites for hydroxylation is 1. The Bertz CT molecular complexity index is 569. The van der Waals surface area contributed by atoms with E-state index in [9.17, 15) is 13.2 Å². The Morgan fingerprint density at radius 1 is 1.14 bits per heavy atom. The zero-order valence-corrected chi connectivity index (χ0v) is 12.5. The summed E-state index contributed by atoms with van der Waals surface area (Å²) in [6.07, 6.45) is 0.0947. The van der Waals surface area contributed by atoms with Crippen LogP contribution in [0.15, 0.2) is 36.7 Å². The van der Waals surface area contributed by atoms with E-state index in [4.69, 9.17) is 5.73 Å². The molecule has 122 valence electrons. The van der Waals surface area contributed by atoms with Crippen molar-refractivity contribution in [2.45, 2.75) is 19.1 Å². The summed E-state index contributed by atoms with van der Waals surface area (Å²) in [6, 6.07) is 6.43.